The predicted molar refractivity (Wildman–Crippen MR) is 104 cm³/mol. The molecule has 0 bridgehead atoms. The van der Waals surface area contributed by atoms with Gasteiger partial charge in [-0.25, -0.2) is 0 Å². The summed E-state index contributed by atoms with van der Waals surface area (Å²) in [4.78, 5) is 23.2. The Balaban J connectivity index is 1.40. The second-order valence-electron chi connectivity index (χ2n) is 7.85. The number of nitrogens with one attached hydrogen (secondary N) is 2. The molecule has 1 aliphatic carbocycles. The molecule has 8 nitrogen and oxygen atoms in total. The molecule has 0 aromatic carbocycles. The van der Waals surface area contributed by atoms with Crippen LogP contribution in [0.25, 0.3) is 0 Å². The highest BCUT2D eigenvalue weighted by molar-refractivity contribution is 5.81. The van der Waals surface area contributed by atoms with Gasteiger partial charge in [0, 0.05) is 51.0 Å². The molecule has 1 saturated carbocycles. The van der Waals surface area contributed by atoms with Crippen LogP contribution in [0.4, 0.5) is 0 Å². The summed E-state index contributed by atoms with van der Waals surface area (Å²) in [6.07, 6.45) is 6.12. The van der Waals surface area contributed by atoms with E-state index in [9.17, 15) is 4.79 Å². The van der Waals surface area contributed by atoms with Gasteiger partial charge in [-0.2, -0.15) is 4.98 Å². The molecule has 2 heterocycles. The van der Waals surface area contributed by atoms with Crippen molar-refractivity contribution in [1.82, 2.24) is 25.7 Å². The molecule has 1 aromatic heterocycles. The van der Waals surface area contributed by atoms with Gasteiger partial charge in [0.1, 0.15) is 0 Å². The van der Waals surface area contributed by atoms with Gasteiger partial charge >= 0.3 is 0 Å². The van der Waals surface area contributed by atoms with Crippen LogP contribution in [0.3, 0.4) is 0 Å². The molecule has 2 aliphatic rings. The van der Waals surface area contributed by atoms with Gasteiger partial charge in [0.25, 0.3) is 0 Å². The number of nitrogens with zero attached hydrogens (tertiary/aromatic N) is 4. The van der Waals surface area contributed by atoms with Crippen LogP contribution in [0.5, 0.6) is 0 Å². The van der Waals surface area contributed by atoms with Gasteiger partial charge < -0.3 is 20.1 Å². The number of carbonyl (C=O) groups is 1. The van der Waals surface area contributed by atoms with Crippen molar-refractivity contribution in [1.29, 1.82) is 0 Å². The lowest BCUT2D eigenvalue weighted by atomic mass is 10.1. The Labute approximate surface area is 161 Å². The minimum absolute atomic E-state index is 0.248. The minimum Gasteiger partial charge on any atom is -0.356 e. The summed E-state index contributed by atoms with van der Waals surface area (Å²) in [7, 11) is 1.76. The Kier molecular flexibility index (Phi) is 6.68. The van der Waals surface area contributed by atoms with E-state index < -0.39 is 0 Å². The Hall–Kier alpha value is -2.12. The number of likely N-dealkylation sites (tertiary alicyclic amines) is 1. The zero-order valence-corrected chi connectivity index (χ0v) is 16.7. The molecule has 1 aliphatic heterocycles. The Morgan fingerprint density at radius 3 is 2.78 bits per heavy atom. The summed E-state index contributed by atoms with van der Waals surface area (Å²) in [5.41, 5.74) is 0. The highest BCUT2D eigenvalue weighted by atomic mass is 16.5. The normalized spacial score (nSPS) is 21.3. The molecule has 150 valence electrons. The number of amides is 1. The van der Waals surface area contributed by atoms with Gasteiger partial charge in [-0.3, -0.25) is 9.79 Å². The first-order valence-corrected chi connectivity index (χ1v) is 10.1. The summed E-state index contributed by atoms with van der Waals surface area (Å²) in [6.45, 7) is 6.35. The topological polar surface area (TPSA) is 95.7 Å². The van der Waals surface area contributed by atoms with E-state index in [4.69, 9.17) is 4.52 Å². The monoisotopic (exact) mass is 376 g/mol. The molecule has 0 spiro atoms. The summed E-state index contributed by atoms with van der Waals surface area (Å²) in [5, 5.41) is 10.7. The van der Waals surface area contributed by atoms with E-state index >= 15 is 0 Å². The van der Waals surface area contributed by atoms with Crippen LogP contribution in [-0.4, -0.2) is 59.6 Å². The van der Waals surface area contributed by atoms with Crippen molar-refractivity contribution in [2.75, 3.05) is 26.7 Å². The van der Waals surface area contributed by atoms with E-state index in [1.165, 1.54) is 12.8 Å². The van der Waals surface area contributed by atoms with E-state index in [-0.39, 0.29) is 17.9 Å². The standard InChI is InChI=1S/C19H32N6O2/c1-13(2)17-23-16(27-24-17)8-10-21-19(20-3)22-15-9-11-25(12-15)18(26)14-6-4-5-7-14/h13-15H,4-12H2,1-3H3,(H2,20,21,22). The molecule has 8 heteroatoms. The first-order chi connectivity index (χ1) is 13.1. The molecule has 1 amide bonds. The fraction of sp³-hybridized carbons (Fsp3) is 0.789. The van der Waals surface area contributed by atoms with Crippen LogP contribution < -0.4 is 10.6 Å². The van der Waals surface area contributed by atoms with Gasteiger partial charge in [-0.15, -0.1) is 0 Å². The van der Waals surface area contributed by atoms with Crippen LogP contribution in [0.2, 0.25) is 0 Å². The van der Waals surface area contributed by atoms with Crippen molar-refractivity contribution in [2.24, 2.45) is 10.9 Å². The van der Waals surface area contributed by atoms with Crippen molar-refractivity contribution >= 4 is 11.9 Å². The van der Waals surface area contributed by atoms with Crippen LogP contribution in [0.15, 0.2) is 9.52 Å². The summed E-state index contributed by atoms with van der Waals surface area (Å²) < 4.78 is 5.26. The first-order valence-electron chi connectivity index (χ1n) is 10.1. The van der Waals surface area contributed by atoms with Crippen molar-refractivity contribution in [3.63, 3.8) is 0 Å². The van der Waals surface area contributed by atoms with E-state index in [2.05, 4.69) is 25.8 Å². The number of guanidine groups is 1. The number of rotatable bonds is 6. The molecule has 1 saturated heterocycles. The van der Waals surface area contributed by atoms with Crippen molar-refractivity contribution in [2.45, 2.75) is 64.3 Å². The second kappa shape index (κ2) is 9.19. The van der Waals surface area contributed by atoms with Gasteiger partial charge in [0.15, 0.2) is 11.8 Å². The van der Waals surface area contributed by atoms with Gasteiger partial charge in [-0.05, 0) is 19.3 Å². The van der Waals surface area contributed by atoms with E-state index in [0.29, 0.717) is 24.8 Å². The van der Waals surface area contributed by atoms with E-state index in [0.717, 1.165) is 44.1 Å². The first kappa shape index (κ1) is 19.6. The van der Waals surface area contributed by atoms with Gasteiger partial charge in [0.2, 0.25) is 11.8 Å². The maximum Gasteiger partial charge on any atom is 0.228 e. The Morgan fingerprint density at radius 1 is 1.33 bits per heavy atom. The highest BCUT2D eigenvalue weighted by Gasteiger charge is 2.32. The molecular weight excluding hydrogens is 344 g/mol. The number of aromatic nitrogens is 2. The predicted octanol–water partition coefficient (Wildman–Crippen LogP) is 1.69. The third-order valence-corrected chi connectivity index (χ3v) is 5.40. The molecule has 1 unspecified atom stereocenters. The molecule has 3 rings (SSSR count). The van der Waals surface area contributed by atoms with Gasteiger partial charge in [-0.1, -0.05) is 31.8 Å². The van der Waals surface area contributed by atoms with Crippen molar-refractivity contribution in [3.05, 3.63) is 11.7 Å². The molecule has 2 fully saturated rings. The van der Waals surface area contributed by atoms with Crippen LogP contribution >= 0.6 is 0 Å². The number of aliphatic imine (C=N–C) groups is 1. The summed E-state index contributed by atoms with van der Waals surface area (Å²) >= 11 is 0. The minimum atomic E-state index is 0.248. The fourth-order valence-electron chi connectivity index (χ4n) is 3.79. The lowest BCUT2D eigenvalue weighted by molar-refractivity contribution is -0.134. The maximum atomic E-state index is 12.6. The fourth-order valence-corrected chi connectivity index (χ4v) is 3.79. The SMILES string of the molecule is CN=C(NCCc1nc(C(C)C)no1)NC1CCN(C(=O)C2CCCC2)C1. The smallest absolute Gasteiger partial charge is 0.228 e. The lowest BCUT2D eigenvalue weighted by Crippen LogP contribution is -2.45. The summed E-state index contributed by atoms with van der Waals surface area (Å²) in [6, 6.07) is 0.248. The number of hydrogen-bond acceptors (Lipinski definition) is 5. The van der Waals surface area contributed by atoms with Crippen LogP contribution in [-0.2, 0) is 11.2 Å². The van der Waals surface area contributed by atoms with Crippen LogP contribution in [0, 0.1) is 5.92 Å². The average molecular weight is 377 g/mol. The Morgan fingerprint density at radius 2 is 2.11 bits per heavy atom. The van der Waals surface area contributed by atoms with Crippen LogP contribution in [0.1, 0.15) is 63.6 Å². The quantitative estimate of drug-likeness (QED) is 0.579. The molecule has 1 atom stereocenters. The highest BCUT2D eigenvalue weighted by Crippen LogP contribution is 2.27. The maximum absolute atomic E-state index is 12.6. The summed E-state index contributed by atoms with van der Waals surface area (Å²) in [5.74, 6) is 2.99. The molecule has 27 heavy (non-hydrogen) atoms. The Bertz CT molecular complexity index is 650. The van der Waals surface area contributed by atoms with E-state index in [1.807, 2.05) is 18.7 Å². The number of hydrogen-bond donors (Lipinski definition) is 2. The lowest BCUT2D eigenvalue weighted by Gasteiger charge is -2.21. The zero-order chi connectivity index (χ0) is 19.2. The largest absolute Gasteiger partial charge is 0.356 e. The number of carbonyl (C=O) groups excluding carboxylic acids is 1. The van der Waals surface area contributed by atoms with Gasteiger partial charge in [0.05, 0.1) is 0 Å². The average Bonchev–Trinajstić information content (AvgIpc) is 3.41. The second-order valence-corrected chi connectivity index (χ2v) is 7.85. The molecule has 2 N–H and O–H groups in total. The third kappa shape index (κ3) is 5.20. The molecular formula is C19H32N6O2. The van der Waals surface area contributed by atoms with Crippen molar-refractivity contribution in [3.8, 4) is 0 Å². The molecule has 1 aromatic rings. The molecule has 0 radical (unpaired) electrons. The zero-order valence-electron chi connectivity index (χ0n) is 16.7. The van der Waals surface area contributed by atoms with Crippen molar-refractivity contribution < 1.29 is 9.32 Å². The third-order valence-electron chi connectivity index (χ3n) is 5.40. The van der Waals surface area contributed by atoms with E-state index in [1.54, 1.807) is 7.05 Å².